The number of anilines is 2. The van der Waals surface area contributed by atoms with E-state index in [9.17, 15) is 4.79 Å². The second-order valence-electron chi connectivity index (χ2n) is 3.87. The zero-order valence-electron chi connectivity index (χ0n) is 9.50. The smallest absolute Gasteiger partial charge is 0.227 e. The van der Waals surface area contributed by atoms with Crippen molar-refractivity contribution in [3.63, 3.8) is 0 Å². The molecular weight excluding hydrogens is 188 g/mol. The van der Waals surface area contributed by atoms with Gasteiger partial charge in [-0.1, -0.05) is 13.8 Å². The van der Waals surface area contributed by atoms with Crippen LogP contribution in [0, 0.1) is 12.8 Å². The van der Waals surface area contributed by atoms with Crippen molar-refractivity contribution >= 4 is 17.3 Å². The Morgan fingerprint density at radius 3 is 2.73 bits per heavy atom. The summed E-state index contributed by atoms with van der Waals surface area (Å²) >= 11 is 0. The van der Waals surface area contributed by atoms with E-state index >= 15 is 0 Å². The zero-order chi connectivity index (χ0) is 11.4. The van der Waals surface area contributed by atoms with Crippen LogP contribution >= 0.6 is 0 Å². The Morgan fingerprint density at radius 1 is 1.53 bits per heavy atom. The molecule has 0 aliphatic rings. The number of nitrogens with one attached hydrogen (secondary N) is 1. The largest absolute Gasteiger partial charge is 0.399 e. The minimum atomic E-state index is 0.0435. The van der Waals surface area contributed by atoms with Crippen molar-refractivity contribution in [2.75, 3.05) is 11.1 Å². The summed E-state index contributed by atoms with van der Waals surface area (Å²) in [6, 6.07) is 5.48. The van der Waals surface area contributed by atoms with E-state index in [-0.39, 0.29) is 11.8 Å². The first-order valence-electron chi connectivity index (χ1n) is 5.21. The van der Waals surface area contributed by atoms with Crippen molar-refractivity contribution in [1.29, 1.82) is 0 Å². The predicted molar refractivity (Wildman–Crippen MR) is 63.7 cm³/mol. The van der Waals surface area contributed by atoms with E-state index in [1.165, 1.54) is 0 Å². The van der Waals surface area contributed by atoms with Gasteiger partial charge in [0.05, 0.1) is 0 Å². The fourth-order valence-corrected chi connectivity index (χ4v) is 1.27. The quantitative estimate of drug-likeness (QED) is 0.747. The molecule has 0 saturated carbocycles. The normalized spacial score (nSPS) is 12.2. The Balaban J connectivity index is 2.77. The standard InChI is InChI=1S/C12H18N2O/c1-4-8(2)12(15)14-11-6-5-10(13)7-9(11)3/h5-8H,4,13H2,1-3H3,(H,14,15)/t8-/m0/s1. The molecule has 0 spiro atoms. The molecule has 3 heteroatoms. The molecule has 0 saturated heterocycles. The molecule has 0 heterocycles. The molecule has 1 aromatic carbocycles. The second kappa shape index (κ2) is 4.82. The fraction of sp³-hybridized carbons (Fsp3) is 0.417. The predicted octanol–water partition coefficient (Wildman–Crippen LogP) is 2.56. The number of carbonyl (C=O) groups is 1. The van der Waals surface area contributed by atoms with Crippen molar-refractivity contribution in [2.24, 2.45) is 5.92 Å². The first kappa shape index (κ1) is 11.6. The van der Waals surface area contributed by atoms with Gasteiger partial charge in [-0.25, -0.2) is 0 Å². The minimum Gasteiger partial charge on any atom is -0.399 e. The molecule has 0 aromatic heterocycles. The lowest BCUT2D eigenvalue weighted by Crippen LogP contribution is -2.20. The molecule has 1 rings (SSSR count). The number of carbonyl (C=O) groups excluding carboxylic acids is 1. The van der Waals surface area contributed by atoms with Crippen LogP contribution < -0.4 is 11.1 Å². The number of nitrogens with two attached hydrogens (primary N) is 1. The third-order valence-electron chi connectivity index (χ3n) is 2.57. The van der Waals surface area contributed by atoms with Crippen LogP contribution in [0.3, 0.4) is 0 Å². The van der Waals surface area contributed by atoms with E-state index in [4.69, 9.17) is 5.73 Å². The van der Waals surface area contributed by atoms with Crippen LogP contribution in [0.1, 0.15) is 25.8 Å². The summed E-state index contributed by atoms with van der Waals surface area (Å²) in [5.41, 5.74) is 8.18. The van der Waals surface area contributed by atoms with Crippen molar-refractivity contribution in [3.8, 4) is 0 Å². The maximum atomic E-state index is 11.6. The highest BCUT2D eigenvalue weighted by Gasteiger charge is 2.11. The maximum Gasteiger partial charge on any atom is 0.227 e. The van der Waals surface area contributed by atoms with E-state index in [0.29, 0.717) is 5.69 Å². The monoisotopic (exact) mass is 206 g/mol. The van der Waals surface area contributed by atoms with E-state index in [2.05, 4.69) is 5.32 Å². The molecule has 1 aromatic rings. The Labute approximate surface area is 90.7 Å². The van der Waals surface area contributed by atoms with Crippen molar-refractivity contribution in [1.82, 2.24) is 0 Å². The second-order valence-corrected chi connectivity index (χ2v) is 3.87. The van der Waals surface area contributed by atoms with E-state index in [0.717, 1.165) is 17.7 Å². The molecule has 3 N–H and O–H groups in total. The molecule has 82 valence electrons. The maximum absolute atomic E-state index is 11.6. The first-order valence-corrected chi connectivity index (χ1v) is 5.21. The van der Waals surface area contributed by atoms with Gasteiger partial charge in [-0.15, -0.1) is 0 Å². The summed E-state index contributed by atoms with van der Waals surface area (Å²) in [6.45, 7) is 5.85. The molecule has 0 unspecified atom stereocenters. The van der Waals surface area contributed by atoms with Gasteiger partial charge >= 0.3 is 0 Å². The van der Waals surface area contributed by atoms with Gasteiger partial charge in [0.1, 0.15) is 0 Å². The van der Waals surface area contributed by atoms with Gasteiger partial charge in [0.2, 0.25) is 5.91 Å². The van der Waals surface area contributed by atoms with Crippen LogP contribution in [0.5, 0.6) is 0 Å². The molecular formula is C12H18N2O. The van der Waals surface area contributed by atoms with E-state index in [1.807, 2.05) is 32.9 Å². The van der Waals surface area contributed by atoms with Gasteiger partial charge in [0.15, 0.2) is 0 Å². The van der Waals surface area contributed by atoms with E-state index in [1.54, 1.807) is 6.07 Å². The molecule has 0 radical (unpaired) electrons. The number of hydrogen-bond acceptors (Lipinski definition) is 2. The van der Waals surface area contributed by atoms with Gasteiger partial charge in [-0.3, -0.25) is 4.79 Å². The Bertz CT molecular complexity index is 361. The molecule has 3 nitrogen and oxygen atoms in total. The summed E-state index contributed by atoms with van der Waals surface area (Å²) in [6.07, 6.45) is 0.847. The van der Waals surface area contributed by atoms with E-state index < -0.39 is 0 Å². The lowest BCUT2D eigenvalue weighted by molar-refractivity contribution is -0.119. The number of rotatable bonds is 3. The average molecular weight is 206 g/mol. The zero-order valence-corrected chi connectivity index (χ0v) is 9.50. The van der Waals surface area contributed by atoms with Crippen molar-refractivity contribution in [2.45, 2.75) is 27.2 Å². The first-order chi connectivity index (χ1) is 7.04. The number of amides is 1. The molecule has 0 aliphatic carbocycles. The number of aryl methyl sites for hydroxylation is 1. The highest BCUT2D eigenvalue weighted by Crippen LogP contribution is 2.18. The molecule has 15 heavy (non-hydrogen) atoms. The third-order valence-corrected chi connectivity index (χ3v) is 2.57. The Hall–Kier alpha value is -1.51. The van der Waals surface area contributed by atoms with Crippen molar-refractivity contribution < 1.29 is 4.79 Å². The third kappa shape index (κ3) is 2.98. The molecule has 0 fully saturated rings. The van der Waals surface area contributed by atoms with Gasteiger partial charge in [0.25, 0.3) is 0 Å². The number of nitrogen functional groups attached to an aromatic ring is 1. The Kier molecular flexibility index (Phi) is 3.72. The average Bonchev–Trinajstić information content (AvgIpc) is 2.20. The minimum absolute atomic E-state index is 0.0435. The van der Waals surface area contributed by atoms with Gasteiger partial charge in [-0.05, 0) is 37.1 Å². The van der Waals surface area contributed by atoms with Crippen LogP contribution in [-0.4, -0.2) is 5.91 Å². The van der Waals surface area contributed by atoms with Crippen LogP contribution in [0.4, 0.5) is 11.4 Å². The van der Waals surface area contributed by atoms with Gasteiger partial charge in [0, 0.05) is 17.3 Å². The lowest BCUT2D eigenvalue weighted by atomic mass is 10.1. The number of hydrogen-bond donors (Lipinski definition) is 2. The lowest BCUT2D eigenvalue weighted by Gasteiger charge is -2.12. The van der Waals surface area contributed by atoms with Crippen LogP contribution in [0.25, 0.3) is 0 Å². The highest BCUT2D eigenvalue weighted by molar-refractivity contribution is 5.93. The SMILES string of the molecule is CC[C@H](C)C(=O)Nc1ccc(N)cc1C. The highest BCUT2D eigenvalue weighted by atomic mass is 16.1. The summed E-state index contributed by atoms with van der Waals surface area (Å²) in [7, 11) is 0. The molecule has 0 bridgehead atoms. The molecule has 1 amide bonds. The van der Waals surface area contributed by atoms with Crippen LogP contribution in [-0.2, 0) is 4.79 Å². The molecule has 0 aliphatic heterocycles. The van der Waals surface area contributed by atoms with Crippen LogP contribution in [0.15, 0.2) is 18.2 Å². The summed E-state index contributed by atoms with van der Waals surface area (Å²) in [5, 5.41) is 2.89. The Morgan fingerprint density at radius 2 is 2.20 bits per heavy atom. The fourth-order valence-electron chi connectivity index (χ4n) is 1.27. The van der Waals surface area contributed by atoms with Crippen LogP contribution in [0.2, 0.25) is 0 Å². The van der Waals surface area contributed by atoms with Crippen molar-refractivity contribution in [3.05, 3.63) is 23.8 Å². The summed E-state index contributed by atoms with van der Waals surface area (Å²) < 4.78 is 0. The summed E-state index contributed by atoms with van der Waals surface area (Å²) in [5.74, 6) is 0.104. The summed E-state index contributed by atoms with van der Waals surface area (Å²) in [4.78, 5) is 11.6. The molecule has 1 atom stereocenters. The van der Waals surface area contributed by atoms with Gasteiger partial charge < -0.3 is 11.1 Å². The topological polar surface area (TPSA) is 55.1 Å². The van der Waals surface area contributed by atoms with Gasteiger partial charge in [-0.2, -0.15) is 0 Å². The number of benzene rings is 1.